The van der Waals surface area contributed by atoms with Crippen molar-refractivity contribution >= 4 is 5.91 Å². The first-order valence-corrected chi connectivity index (χ1v) is 9.02. The largest absolute Gasteiger partial charge is 0.496 e. The van der Waals surface area contributed by atoms with E-state index in [0.29, 0.717) is 24.8 Å². The van der Waals surface area contributed by atoms with Crippen LogP contribution < -0.4 is 4.74 Å². The van der Waals surface area contributed by atoms with E-state index < -0.39 is 0 Å². The molecule has 1 aromatic heterocycles. The van der Waals surface area contributed by atoms with E-state index >= 15 is 0 Å². The van der Waals surface area contributed by atoms with Gasteiger partial charge in [0, 0.05) is 50.3 Å². The second-order valence-corrected chi connectivity index (χ2v) is 6.95. The van der Waals surface area contributed by atoms with Crippen molar-refractivity contribution in [3.05, 3.63) is 48.0 Å². The average molecular weight is 341 g/mol. The van der Waals surface area contributed by atoms with Gasteiger partial charge in [0.25, 0.3) is 0 Å². The number of methoxy groups -OCH3 is 1. The SMILES string of the molecule is COc1ccccc1[C@H]1CCN(C(=O)CCn2ccnc2C(C)C)C1. The quantitative estimate of drug-likeness (QED) is 0.809. The standard InChI is InChI=1S/C20H27N3O2/c1-15(2)20-21-10-13-22(20)12-9-19(24)23-11-8-16(14-23)17-6-4-5-7-18(17)25-3/h4-7,10,13,15-16H,8-9,11-12,14H2,1-3H3/t16-/m0/s1. The van der Waals surface area contributed by atoms with E-state index in [9.17, 15) is 4.79 Å². The van der Waals surface area contributed by atoms with Crippen molar-refractivity contribution in [2.75, 3.05) is 20.2 Å². The van der Waals surface area contributed by atoms with Gasteiger partial charge in [0.15, 0.2) is 0 Å². The van der Waals surface area contributed by atoms with Crippen LogP contribution in [0.3, 0.4) is 0 Å². The van der Waals surface area contributed by atoms with E-state index in [-0.39, 0.29) is 5.91 Å². The van der Waals surface area contributed by atoms with Gasteiger partial charge < -0.3 is 14.2 Å². The molecule has 134 valence electrons. The van der Waals surface area contributed by atoms with Gasteiger partial charge >= 0.3 is 0 Å². The lowest BCUT2D eigenvalue weighted by Crippen LogP contribution is -2.29. The van der Waals surface area contributed by atoms with Crippen LogP contribution in [0.5, 0.6) is 5.75 Å². The Morgan fingerprint density at radius 3 is 2.92 bits per heavy atom. The minimum atomic E-state index is 0.223. The van der Waals surface area contributed by atoms with Crippen molar-refractivity contribution in [3.63, 3.8) is 0 Å². The fourth-order valence-electron chi connectivity index (χ4n) is 3.63. The molecule has 2 heterocycles. The van der Waals surface area contributed by atoms with Crippen LogP contribution in [0.25, 0.3) is 0 Å². The zero-order valence-electron chi connectivity index (χ0n) is 15.3. The molecule has 0 N–H and O–H groups in total. The highest BCUT2D eigenvalue weighted by atomic mass is 16.5. The number of carbonyl (C=O) groups is 1. The van der Waals surface area contributed by atoms with Crippen LogP contribution >= 0.6 is 0 Å². The number of aromatic nitrogens is 2. The number of imidazole rings is 1. The minimum Gasteiger partial charge on any atom is -0.496 e. The smallest absolute Gasteiger partial charge is 0.224 e. The third-order valence-corrected chi connectivity index (χ3v) is 4.95. The van der Waals surface area contributed by atoms with Crippen LogP contribution in [-0.2, 0) is 11.3 Å². The van der Waals surface area contributed by atoms with Crippen molar-refractivity contribution in [1.29, 1.82) is 0 Å². The molecular weight excluding hydrogens is 314 g/mol. The lowest BCUT2D eigenvalue weighted by atomic mass is 9.97. The van der Waals surface area contributed by atoms with Gasteiger partial charge in [-0.25, -0.2) is 4.98 Å². The van der Waals surface area contributed by atoms with E-state index in [4.69, 9.17) is 4.74 Å². The Balaban J connectivity index is 1.58. The molecule has 0 spiro atoms. The maximum Gasteiger partial charge on any atom is 0.224 e. The second kappa shape index (κ2) is 7.72. The number of amides is 1. The number of carbonyl (C=O) groups excluding carboxylic acids is 1. The highest BCUT2D eigenvalue weighted by Crippen LogP contribution is 2.33. The summed E-state index contributed by atoms with van der Waals surface area (Å²) in [5.41, 5.74) is 1.21. The predicted molar refractivity (Wildman–Crippen MR) is 97.9 cm³/mol. The Kier molecular flexibility index (Phi) is 5.41. The van der Waals surface area contributed by atoms with E-state index in [2.05, 4.69) is 29.5 Å². The summed E-state index contributed by atoms with van der Waals surface area (Å²) in [6.07, 6.45) is 5.29. The zero-order valence-corrected chi connectivity index (χ0v) is 15.3. The number of ether oxygens (including phenoxy) is 1. The second-order valence-electron chi connectivity index (χ2n) is 6.95. The van der Waals surface area contributed by atoms with Crippen molar-refractivity contribution in [2.24, 2.45) is 0 Å². The molecule has 5 nitrogen and oxygen atoms in total. The van der Waals surface area contributed by atoms with Crippen molar-refractivity contribution in [1.82, 2.24) is 14.5 Å². The number of hydrogen-bond acceptors (Lipinski definition) is 3. The first-order valence-electron chi connectivity index (χ1n) is 9.02. The van der Waals surface area contributed by atoms with Gasteiger partial charge in [0.2, 0.25) is 5.91 Å². The molecule has 5 heteroatoms. The first kappa shape index (κ1) is 17.5. The summed E-state index contributed by atoms with van der Waals surface area (Å²) in [5.74, 6) is 2.91. The minimum absolute atomic E-state index is 0.223. The number of para-hydroxylation sites is 1. The lowest BCUT2D eigenvalue weighted by Gasteiger charge is -2.18. The van der Waals surface area contributed by atoms with Crippen LogP contribution in [0.4, 0.5) is 0 Å². The highest BCUT2D eigenvalue weighted by Gasteiger charge is 2.28. The van der Waals surface area contributed by atoms with Crippen LogP contribution in [0.1, 0.15) is 49.9 Å². The number of nitrogens with zero attached hydrogens (tertiary/aromatic N) is 3. The Bertz CT molecular complexity index is 723. The molecule has 1 aliphatic heterocycles. The van der Waals surface area contributed by atoms with Gasteiger partial charge in [0.05, 0.1) is 7.11 Å². The van der Waals surface area contributed by atoms with Crippen LogP contribution in [0.15, 0.2) is 36.7 Å². The molecule has 1 amide bonds. The summed E-state index contributed by atoms with van der Waals surface area (Å²) in [7, 11) is 1.70. The van der Waals surface area contributed by atoms with E-state index in [0.717, 1.165) is 31.1 Å². The molecule has 1 fully saturated rings. The Morgan fingerprint density at radius 2 is 2.16 bits per heavy atom. The molecule has 1 saturated heterocycles. The van der Waals surface area contributed by atoms with E-state index in [1.807, 2.05) is 35.5 Å². The number of rotatable bonds is 6. The van der Waals surface area contributed by atoms with Gasteiger partial charge in [-0.3, -0.25) is 4.79 Å². The molecule has 25 heavy (non-hydrogen) atoms. The monoisotopic (exact) mass is 341 g/mol. The molecular formula is C20H27N3O2. The maximum absolute atomic E-state index is 12.6. The summed E-state index contributed by atoms with van der Waals surface area (Å²) >= 11 is 0. The predicted octanol–water partition coefficient (Wildman–Crippen LogP) is 3.42. The van der Waals surface area contributed by atoms with Crippen molar-refractivity contribution in [3.8, 4) is 5.75 Å². The molecule has 0 radical (unpaired) electrons. The van der Waals surface area contributed by atoms with E-state index in [1.165, 1.54) is 5.56 Å². The molecule has 1 atom stereocenters. The third-order valence-electron chi connectivity index (χ3n) is 4.95. The molecule has 0 saturated carbocycles. The van der Waals surface area contributed by atoms with Gasteiger partial charge in [-0.2, -0.15) is 0 Å². The van der Waals surface area contributed by atoms with Gasteiger partial charge in [-0.1, -0.05) is 32.0 Å². The molecule has 3 rings (SSSR count). The summed E-state index contributed by atoms with van der Waals surface area (Å²) < 4.78 is 7.57. The Hall–Kier alpha value is -2.30. The molecule has 0 aliphatic carbocycles. The molecule has 1 aliphatic rings. The van der Waals surface area contributed by atoms with Crippen LogP contribution in [0.2, 0.25) is 0 Å². The number of benzene rings is 1. The van der Waals surface area contributed by atoms with Crippen LogP contribution in [-0.4, -0.2) is 40.6 Å². The lowest BCUT2D eigenvalue weighted by molar-refractivity contribution is -0.130. The molecule has 2 aromatic rings. The van der Waals surface area contributed by atoms with Gasteiger partial charge in [-0.05, 0) is 18.1 Å². The van der Waals surface area contributed by atoms with E-state index in [1.54, 1.807) is 7.11 Å². The normalized spacial score (nSPS) is 17.3. The fraction of sp³-hybridized carbons (Fsp3) is 0.500. The van der Waals surface area contributed by atoms with Gasteiger partial charge in [0.1, 0.15) is 11.6 Å². The summed E-state index contributed by atoms with van der Waals surface area (Å²) in [6.45, 7) is 6.54. The highest BCUT2D eigenvalue weighted by molar-refractivity contribution is 5.76. The summed E-state index contributed by atoms with van der Waals surface area (Å²) in [6, 6.07) is 8.12. The number of likely N-dealkylation sites (tertiary alicyclic amines) is 1. The van der Waals surface area contributed by atoms with Gasteiger partial charge in [-0.15, -0.1) is 0 Å². The molecule has 0 unspecified atom stereocenters. The van der Waals surface area contributed by atoms with Crippen molar-refractivity contribution < 1.29 is 9.53 Å². The molecule has 1 aromatic carbocycles. The van der Waals surface area contributed by atoms with Crippen molar-refractivity contribution in [2.45, 2.75) is 45.1 Å². The Morgan fingerprint density at radius 1 is 1.36 bits per heavy atom. The van der Waals surface area contributed by atoms with Crippen LogP contribution in [0, 0.1) is 0 Å². The number of aryl methyl sites for hydroxylation is 1. The zero-order chi connectivity index (χ0) is 17.8. The fourth-order valence-corrected chi connectivity index (χ4v) is 3.63. The average Bonchev–Trinajstić information content (AvgIpc) is 3.29. The topological polar surface area (TPSA) is 47.4 Å². The third kappa shape index (κ3) is 3.86. The number of hydrogen-bond donors (Lipinski definition) is 0. The first-order chi connectivity index (χ1) is 12.1. The summed E-state index contributed by atoms with van der Waals surface area (Å²) in [5, 5.41) is 0. The Labute approximate surface area is 149 Å². The molecule has 0 bridgehead atoms. The maximum atomic E-state index is 12.6. The summed E-state index contributed by atoms with van der Waals surface area (Å²) in [4.78, 5) is 19.0.